The second-order valence-electron chi connectivity index (χ2n) is 13.6. The van der Waals surface area contributed by atoms with Crippen LogP contribution in [0.15, 0.2) is 36.5 Å². The van der Waals surface area contributed by atoms with Gasteiger partial charge in [-0.3, -0.25) is 18.6 Å². The van der Waals surface area contributed by atoms with E-state index in [2.05, 4.69) is 50.3 Å². The molecule has 0 heterocycles. The number of hydrogen-bond acceptors (Lipinski definition) is 7. The third kappa shape index (κ3) is 34.1. The zero-order valence-corrected chi connectivity index (χ0v) is 32.1. The topological polar surface area (TPSA) is 108 Å². The van der Waals surface area contributed by atoms with Crippen molar-refractivity contribution in [2.75, 3.05) is 47.5 Å². The first-order valence-corrected chi connectivity index (χ1v) is 20.2. The number of unbranched alkanes of at least 4 members (excludes halogenated alkanes) is 13. The van der Waals surface area contributed by atoms with Crippen molar-refractivity contribution in [2.24, 2.45) is 0 Å². The lowest BCUT2D eigenvalue weighted by atomic mass is 10.1. The number of likely N-dealkylation sites (N-methyl/N-ethyl adjacent to an activating group) is 1. The largest absolute Gasteiger partial charge is 0.472 e. The van der Waals surface area contributed by atoms with Gasteiger partial charge in [0.2, 0.25) is 0 Å². The maximum absolute atomic E-state index is 12.5. The molecule has 0 amide bonds. The lowest BCUT2D eigenvalue weighted by Crippen LogP contribution is -2.37. The van der Waals surface area contributed by atoms with Gasteiger partial charge in [0, 0.05) is 12.8 Å². The molecular weight excluding hydrogens is 629 g/mol. The van der Waals surface area contributed by atoms with Crippen LogP contribution in [-0.2, 0) is 32.7 Å². The summed E-state index contributed by atoms with van der Waals surface area (Å²) in [4.78, 5) is 35.0. The van der Waals surface area contributed by atoms with Crippen LogP contribution in [0.2, 0.25) is 0 Å². The molecular formula is C38H71NO8P+. The van der Waals surface area contributed by atoms with Crippen molar-refractivity contribution in [1.29, 1.82) is 0 Å². The highest BCUT2D eigenvalue weighted by atomic mass is 31.2. The van der Waals surface area contributed by atoms with E-state index in [1.807, 2.05) is 21.1 Å². The number of carbonyl (C=O) groups is 2. The Kier molecular flexibility index (Phi) is 30.1. The molecule has 0 aliphatic carbocycles. The van der Waals surface area contributed by atoms with Gasteiger partial charge < -0.3 is 18.9 Å². The van der Waals surface area contributed by atoms with Crippen LogP contribution >= 0.6 is 7.82 Å². The number of quaternary nitrogens is 1. The van der Waals surface area contributed by atoms with E-state index in [0.717, 1.165) is 51.4 Å². The molecule has 280 valence electrons. The van der Waals surface area contributed by atoms with Crippen molar-refractivity contribution in [1.82, 2.24) is 0 Å². The van der Waals surface area contributed by atoms with E-state index in [0.29, 0.717) is 23.9 Å². The highest BCUT2D eigenvalue weighted by Gasteiger charge is 2.27. The molecule has 0 aromatic rings. The average Bonchev–Trinajstić information content (AvgIpc) is 3.02. The lowest BCUT2D eigenvalue weighted by molar-refractivity contribution is -0.870. The van der Waals surface area contributed by atoms with Crippen LogP contribution in [-0.4, -0.2) is 74.9 Å². The Balaban J connectivity index is 4.50. The quantitative estimate of drug-likeness (QED) is 0.0237. The number of allylic oxidation sites excluding steroid dienone is 6. The van der Waals surface area contributed by atoms with E-state index in [1.54, 1.807) is 0 Å². The molecule has 0 bridgehead atoms. The van der Waals surface area contributed by atoms with Gasteiger partial charge in [-0.05, 0) is 51.4 Å². The smallest absolute Gasteiger partial charge is 0.462 e. The number of ether oxygens (including phenoxy) is 2. The fourth-order valence-corrected chi connectivity index (χ4v) is 5.41. The number of carbonyl (C=O) groups excluding carboxylic acids is 2. The van der Waals surface area contributed by atoms with Crippen LogP contribution in [0.1, 0.15) is 142 Å². The summed E-state index contributed by atoms with van der Waals surface area (Å²) in [6, 6.07) is 0. The summed E-state index contributed by atoms with van der Waals surface area (Å²) < 4.78 is 34.0. The molecule has 0 aromatic carbocycles. The fraction of sp³-hybridized carbons (Fsp3) is 0.789. The van der Waals surface area contributed by atoms with Crippen molar-refractivity contribution in [3.63, 3.8) is 0 Å². The minimum absolute atomic E-state index is 0.0259. The first-order chi connectivity index (χ1) is 23.0. The fourth-order valence-electron chi connectivity index (χ4n) is 4.67. The van der Waals surface area contributed by atoms with Gasteiger partial charge in [0.25, 0.3) is 0 Å². The van der Waals surface area contributed by atoms with Gasteiger partial charge in [-0.1, -0.05) is 115 Å². The highest BCUT2D eigenvalue weighted by molar-refractivity contribution is 7.47. The molecule has 48 heavy (non-hydrogen) atoms. The number of rotatable bonds is 33. The summed E-state index contributed by atoms with van der Waals surface area (Å²) in [5.41, 5.74) is 0. The molecule has 0 aliphatic rings. The van der Waals surface area contributed by atoms with E-state index >= 15 is 0 Å². The average molecular weight is 701 g/mol. The first-order valence-electron chi connectivity index (χ1n) is 18.7. The summed E-state index contributed by atoms with van der Waals surface area (Å²) >= 11 is 0. The van der Waals surface area contributed by atoms with Crippen molar-refractivity contribution < 1.29 is 42.1 Å². The van der Waals surface area contributed by atoms with Gasteiger partial charge in [0.15, 0.2) is 6.10 Å². The van der Waals surface area contributed by atoms with Crippen molar-refractivity contribution in [2.45, 2.75) is 148 Å². The molecule has 0 aliphatic heterocycles. The summed E-state index contributed by atoms with van der Waals surface area (Å²) in [5.74, 6) is -0.849. The van der Waals surface area contributed by atoms with Crippen LogP contribution in [0.4, 0.5) is 0 Å². The summed E-state index contributed by atoms with van der Waals surface area (Å²) in [6.45, 7) is 4.30. The summed E-state index contributed by atoms with van der Waals surface area (Å²) in [5, 5.41) is 0. The van der Waals surface area contributed by atoms with E-state index in [4.69, 9.17) is 18.5 Å². The maximum atomic E-state index is 12.5. The van der Waals surface area contributed by atoms with Crippen molar-refractivity contribution in [3.8, 4) is 0 Å². The normalized spacial score (nSPS) is 14.2. The number of phosphoric acid groups is 1. The zero-order chi connectivity index (χ0) is 35.8. The Morgan fingerprint density at radius 2 is 1.12 bits per heavy atom. The summed E-state index contributed by atoms with van der Waals surface area (Å²) in [6.07, 6.45) is 32.0. The Labute approximate surface area is 293 Å². The minimum atomic E-state index is -4.37. The molecule has 0 spiro atoms. The number of phosphoric ester groups is 1. The van der Waals surface area contributed by atoms with Crippen LogP contribution in [0, 0.1) is 0 Å². The van der Waals surface area contributed by atoms with Crippen LogP contribution in [0.3, 0.4) is 0 Å². The minimum Gasteiger partial charge on any atom is -0.462 e. The SMILES string of the molecule is CCCCC/C=C/C/C=C/C/C=C/CCCCC(=O)OC[C@@H](COP(=O)(O)OCC[N+](C)(C)C)OC(=O)CCCCCCCCCCC. The van der Waals surface area contributed by atoms with Crippen molar-refractivity contribution in [3.05, 3.63) is 36.5 Å². The van der Waals surface area contributed by atoms with Crippen molar-refractivity contribution >= 4 is 19.8 Å². The predicted octanol–water partition coefficient (Wildman–Crippen LogP) is 9.79. The number of hydrogen-bond donors (Lipinski definition) is 1. The molecule has 0 saturated carbocycles. The molecule has 9 nitrogen and oxygen atoms in total. The van der Waals surface area contributed by atoms with Gasteiger partial charge in [-0.25, -0.2) is 4.57 Å². The van der Waals surface area contributed by atoms with Crippen LogP contribution in [0.25, 0.3) is 0 Å². The van der Waals surface area contributed by atoms with Crippen LogP contribution in [0.5, 0.6) is 0 Å². The predicted molar refractivity (Wildman–Crippen MR) is 197 cm³/mol. The van der Waals surface area contributed by atoms with E-state index in [1.165, 1.54) is 51.4 Å². The number of nitrogens with zero attached hydrogens (tertiary/aromatic N) is 1. The zero-order valence-electron chi connectivity index (χ0n) is 31.2. The molecule has 0 aromatic heterocycles. The Morgan fingerprint density at radius 3 is 1.71 bits per heavy atom. The van der Waals surface area contributed by atoms with Gasteiger partial charge >= 0.3 is 19.8 Å². The second-order valence-corrected chi connectivity index (χ2v) is 15.1. The Morgan fingerprint density at radius 1 is 0.646 bits per heavy atom. The maximum Gasteiger partial charge on any atom is 0.472 e. The van der Waals surface area contributed by atoms with Crippen LogP contribution < -0.4 is 0 Å². The lowest BCUT2D eigenvalue weighted by Gasteiger charge is -2.24. The van der Waals surface area contributed by atoms with Gasteiger partial charge in [0.05, 0.1) is 27.7 Å². The third-order valence-electron chi connectivity index (χ3n) is 7.67. The molecule has 0 rings (SSSR count). The van der Waals surface area contributed by atoms with E-state index in [9.17, 15) is 19.0 Å². The second kappa shape index (κ2) is 31.2. The van der Waals surface area contributed by atoms with E-state index < -0.39 is 32.5 Å². The highest BCUT2D eigenvalue weighted by Crippen LogP contribution is 2.43. The molecule has 0 fully saturated rings. The molecule has 1 N–H and O–H groups in total. The van der Waals surface area contributed by atoms with E-state index in [-0.39, 0.29) is 26.1 Å². The monoisotopic (exact) mass is 700 g/mol. The Hall–Kier alpha value is -1.77. The van der Waals surface area contributed by atoms with Gasteiger partial charge in [-0.15, -0.1) is 0 Å². The molecule has 1 unspecified atom stereocenters. The summed E-state index contributed by atoms with van der Waals surface area (Å²) in [7, 11) is 1.45. The third-order valence-corrected chi connectivity index (χ3v) is 8.66. The van der Waals surface area contributed by atoms with Gasteiger partial charge in [-0.2, -0.15) is 0 Å². The molecule has 10 heteroatoms. The Bertz CT molecular complexity index is 928. The van der Waals surface area contributed by atoms with Gasteiger partial charge in [0.1, 0.15) is 19.8 Å². The first kappa shape index (κ1) is 46.2. The molecule has 0 saturated heterocycles. The number of esters is 2. The standard InChI is InChI=1S/C38H70NO8P/c1-6-8-10-12-14-16-17-18-19-20-21-23-24-26-28-30-37(40)44-34-36(35-46-48(42,43)45-33-32-39(3,4)5)47-38(41)31-29-27-25-22-15-13-11-9-7-2/h14,16,18-19,21,23,36H,6-13,15,17,20,22,24-35H2,1-5H3/p+1/b16-14+,19-18+,23-21+/t36-/m0/s1. The molecule has 2 atom stereocenters. The molecule has 0 radical (unpaired) electrons.